The minimum absolute atomic E-state index is 0.00630. The number of aromatic nitrogens is 2. The van der Waals surface area contributed by atoms with E-state index in [4.69, 9.17) is 20.3 Å². The second-order valence-corrected chi connectivity index (χ2v) is 10.3. The molecule has 11 heteroatoms. The Morgan fingerprint density at radius 1 is 0.622 bits per heavy atom. The number of phenolic OH excluding ortho intramolecular Hbond substituents is 2. The van der Waals surface area contributed by atoms with Crippen molar-refractivity contribution in [3.8, 4) is 34.4 Å². The second-order valence-electron chi connectivity index (χ2n) is 8.35. The summed E-state index contributed by atoms with van der Waals surface area (Å²) in [6.45, 7) is 0. The predicted octanol–water partition coefficient (Wildman–Crippen LogP) is 4.71. The first-order valence-electron chi connectivity index (χ1n) is 10.9. The molecule has 0 spiro atoms. The number of nitrogens with zero attached hydrogens (tertiary/aromatic N) is 2. The van der Waals surface area contributed by atoms with E-state index in [9.17, 15) is 18.6 Å². The van der Waals surface area contributed by atoms with Crippen molar-refractivity contribution >= 4 is 43.4 Å². The van der Waals surface area contributed by atoms with Crippen molar-refractivity contribution in [2.75, 3.05) is 11.5 Å². The minimum atomic E-state index is -3.96. The fourth-order valence-corrected chi connectivity index (χ4v) is 5.27. The van der Waals surface area contributed by atoms with Crippen LogP contribution < -0.4 is 11.5 Å². The predicted molar refractivity (Wildman–Crippen MR) is 136 cm³/mol. The maximum atomic E-state index is 13.4. The third-order valence-corrected chi connectivity index (χ3v) is 7.59. The molecule has 0 amide bonds. The number of rotatable bonds is 4. The van der Waals surface area contributed by atoms with Crippen LogP contribution in [0, 0.1) is 0 Å². The van der Waals surface area contributed by atoms with E-state index < -0.39 is 9.84 Å². The van der Waals surface area contributed by atoms with Gasteiger partial charge in [0.1, 0.15) is 22.5 Å². The number of phenols is 2. The zero-order valence-electron chi connectivity index (χ0n) is 18.9. The van der Waals surface area contributed by atoms with Crippen molar-refractivity contribution in [2.45, 2.75) is 9.79 Å². The summed E-state index contributed by atoms with van der Waals surface area (Å²) in [5.74, 6) is 0.0761. The first kappa shape index (κ1) is 22.4. The van der Waals surface area contributed by atoms with Crippen LogP contribution in [-0.4, -0.2) is 28.6 Å². The van der Waals surface area contributed by atoms with Gasteiger partial charge in [0.25, 0.3) is 0 Å². The molecular weight excluding hydrogens is 496 g/mol. The number of aromatic hydroxyl groups is 2. The lowest BCUT2D eigenvalue weighted by atomic mass is 10.2. The Morgan fingerprint density at radius 2 is 1.05 bits per heavy atom. The maximum absolute atomic E-state index is 13.4. The first-order valence-corrected chi connectivity index (χ1v) is 12.4. The van der Waals surface area contributed by atoms with Crippen molar-refractivity contribution in [1.82, 2.24) is 9.97 Å². The Balaban J connectivity index is 1.39. The van der Waals surface area contributed by atoms with Gasteiger partial charge in [0.2, 0.25) is 21.6 Å². The molecule has 0 aliphatic rings. The standard InChI is InChI=1S/C26H18N4O6S/c27-13-1-5-21(31)17(9-13)25-29-19-11-15(3-7-23(19)35-25)37(33,34)16-4-8-24-20(12-16)30-26(36-24)18-10-14(28)2-6-22(18)32/h1-12,31-32H,27-28H2. The Bertz CT molecular complexity index is 1820. The Labute approximate surface area is 209 Å². The summed E-state index contributed by atoms with van der Waals surface area (Å²) >= 11 is 0. The zero-order chi connectivity index (χ0) is 25.9. The number of benzene rings is 4. The van der Waals surface area contributed by atoms with E-state index in [0.29, 0.717) is 44.7 Å². The molecule has 0 fully saturated rings. The fraction of sp³-hybridized carbons (Fsp3) is 0. The van der Waals surface area contributed by atoms with Gasteiger partial charge in [-0.3, -0.25) is 0 Å². The van der Waals surface area contributed by atoms with Gasteiger partial charge in [0.05, 0.1) is 20.9 Å². The molecular formula is C26H18N4O6S. The van der Waals surface area contributed by atoms with E-state index in [2.05, 4.69) is 9.97 Å². The smallest absolute Gasteiger partial charge is 0.231 e. The molecule has 0 saturated heterocycles. The molecule has 0 radical (unpaired) electrons. The highest BCUT2D eigenvalue weighted by molar-refractivity contribution is 7.91. The van der Waals surface area contributed by atoms with Crippen LogP contribution in [0.2, 0.25) is 0 Å². The molecule has 0 bridgehead atoms. The summed E-state index contributed by atoms with van der Waals surface area (Å²) < 4.78 is 38.3. The highest BCUT2D eigenvalue weighted by Crippen LogP contribution is 2.36. The van der Waals surface area contributed by atoms with Crippen LogP contribution in [0.5, 0.6) is 11.5 Å². The van der Waals surface area contributed by atoms with E-state index in [1.54, 1.807) is 12.1 Å². The Morgan fingerprint density at radius 3 is 1.49 bits per heavy atom. The number of anilines is 2. The van der Waals surface area contributed by atoms with Gasteiger partial charge in [-0.2, -0.15) is 0 Å². The fourth-order valence-electron chi connectivity index (χ4n) is 3.97. The molecule has 37 heavy (non-hydrogen) atoms. The highest BCUT2D eigenvalue weighted by Gasteiger charge is 2.22. The Kier molecular flexibility index (Phi) is 4.85. The van der Waals surface area contributed by atoms with Gasteiger partial charge >= 0.3 is 0 Å². The summed E-state index contributed by atoms with van der Waals surface area (Å²) in [6, 6.07) is 17.6. The SMILES string of the molecule is Nc1ccc(O)c(-c2nc3cc(S(=O)(=O)c4ccc5oc(-c6cc(N)ccc6O)nc5c4)ccc3o2)c1. The van der Waals surface area contributed by atoms with Gasteiger partial charge in [-0.25, -0.2) is 18.4 Å². The molecule has 0 unspecified atom stereocenters. The monoisotopic (exact) mass is 514 g/mol. The number of oxazole rings is 2. The summed E-state index contributed by atoms with van der Waals surface area (Å²) in [4.78, 5) is 8.68. The quantitative estimate of drug-likeness (QED) is 0.190. The van der Waals surface area contributed by atoms with Crippen LogP contribution in [0.1, 0.15) is 0 Å². The van der Waals surface area contributed by atoms with E-state index in [0.717, 1.165) is 0 Å². The molecule has 0 saturated carbocycles. The van der Waals surface area contributed by atoms with Crippen LogP contribution in [0.4, 0.5) is 11.4 Å². The lowest BCUT2D eigenvalue weighted by Crippen LogP contribution is -2.01. The third kappa shape index (κ3) is 3.78. The molecule has 0 aliphatic carbocycles. The lowest BCUT2D eigenvalue weighted by Gasteiger charge is -2.04. The van der Waals surface area contributed by atoms with Crippen LogP contribution in [-0.2, 0) is 9.84 Å². The van der Waals surface area contributed by atoms with Crippen LogP contribution in [0.25, 0.3) is 45.1 Å². The summed E-state index contributed by atoms with van der Waals surface area (Å²) in [6.07, 6.45) is 0. The van der Waals surface area contributed by atoms with Crippen molar-refractivity contribution in [2.24, 2.45) is 0 Å². The number of hydrogen-bond acceptors (Lipinski definition) is 10. The molecule has 10 nitrogen and oxygen atoms in total. The highest BCUT2D eigenvalue weighted by atomic mass is 32.2. The van der Waals surface area contributed by atoms with E-state index in [1.165, 1.54) is 60.7 Å². The van der Waals surface area contributed by atoms with Crippen molar-refractivity contribution in [1.29, 1.82) is 0 Å². The summed E-state index contributed by atoms with van der Waals surface area (Å²) in [5, 5.41) is 20.3. The molecule has 2 heterocycles. The van der Waals surface area contributed by atoms with Gasteiger partial charge in [0.15, 0.2) is 11.2 Å². The normalized spacial score (nSPS) is 11.9. The molecule has 0 atom stereocenters. The number of sulfone groups is 1. The molecule has 0 aliphatic heterocycles. The molecule has 6 aromatic rings. The van der Waals surface area contributed by atoms with Crippen molar-refractivity contribution in [3.05, 3.63) is 72.8 Å². The largest absolute Gasteiger partial charge is 0.507 e. The minimum Gasteiger partial charge on any atom is -0.507 e. The zero-order valence-corrected chi connectivity index (χ0v) is 19.7. The van der Waals surface area contributed by atoms with Crippen molar-refractivity contribution in [3.63, 3.8) is 0 Å². The number of fused-ring (bicyclic) bond motifs is 2. The molecule has 6 N–H and O–H groups in total. The third-order valence-electron chi connectivity index (χ3n) is 5.84. The van der Waals surface area contributed by atoms with Crippen molar-refractivity contribution < 1.29 is 27.5 Å². The molecule has 4 aromatic carbocycles. The average molecular weight is 515 g/mol. The average Bonchev–Trinajstić information content (AvgIpc) is 3.50. The number of hydrogen-bond donors (Lipinski definition) is 4. The van der Waals surface area contributed by atoms with Crippen LogP contribution >= 0.6 is 0 Å². The number of nitrogens with two attached hydrogens (primary N) is 2. The van der Waals surface area contributed by atoms with Gasteiger partial charge in [-0.15, -0.1) is 0 Å². The van der Waals surface area contributed by atoms with E-state index in [1.807, 2.05) is 0 Å². The molecule has 184 valence electrons. The number of nitrogen functional groups attached to an aromatic ring is 2. The van der Waals surface area contributed by atoms with Gasteiger partial charge < -0.3 is 30.5 Å². The van der Waals surface area contributed by atoms with Crippen LogP contribution in [0.3, 0.4) is 0 Å². The van der Waals surface area contributed by atoms with E-state index >= 15 is 0 Å². The van der Waals surface area contributed by atoms with Crippen LogP contribution in [0.15, 0.2) is 91.4 Å². The topological polar surface area (TPSA) is 179 Å². The molecule has 2 aromatic heterocycles. The first-order chi connectivity index (χ1) is 17.7. The van der Waals surface area contributed by atoms with Gasteiger partial charge in [-0.1, -0.05) is 0 Å². The Hall–Kier alpha value is -5.03. The van der Waals surface area contributed by atoms with E-state index in [-0.39, 0.29) is 33.1 Å². The van der Waals surface area contributed by atoms with Gasteiger partial charge in [0, 0.05) is 11.4 Å². The summed E-state index contributed by atoms with van der Waals surface area (Å²) in [7, 11) is -3.96. The maximum Gasteiger partial charge on any atom is 0.231 e. The molecule has 6 rings (SSSR count). The van der Waals surface area contributed by atoms with Gasteiger partial charge in [-0.05, 0) is 72.8 Å². The summed E-state index contributed by atoms with van der Waals surface area (Å²) in [5.41, 5.74) is 14.3. The lowest BCUT2D eigenvalue weighted by molar-refractivity contribution is 0.473. The second kappa shape index (κ2) is 8.00.